The smallest absolute Gasteiger partial charge is 0.299 e. The van der Waals surface area contributed by atoms with Crippen LogP contribution in [0.25, 0.3) is 0 Å². The van der Waals surface area contributed by atoms with Crippen molar-refractivity contribution < 1.29 is 13.2 Å². The second-order valence-corrected chi connectivity index (χ2v) is 7.56. The molecule has 0 saturated carbocycles. The number of likely N-dealkylation sites (tertiary alicyclic amines) is 1. The average molecular weight is 412 g/mol. The Labute approximate surface area is 155 Å². The van der Waals surface area contributed by atoms with Gasteiger partial charge in [-0.15, -0.1) is 0 Å². The molecule has 0 N–H and O–H groups in total. The molecule has 1 fully saturated rings. The van der Waals surface area contributed by atoms with Crippen LogP contribution in [-0.2, 0) is 19.1 Å². The van der Waals surface area contributed by atoms with Crippen molar-refractivity contribution in [2.45, 2.75) is 32.0 Å². The van der Waals surface area contributed by atoms with Crippen molar-refractivity contribution in [3.63, 3.8) is 0 Å². The van der Waals surface area contributed by atoms with E-state index in [-0.39, 0.29) is 0 Å². The molecular formula is C20H21BrF3N. The number of halogens is 4. The van der Waals surface area contributed by atoms with Gasteiger partial charge in [0.05, 0.1) is 5.56 Å². The number of nitrogens with zero attached hydrogens (tertiary/aromatic N) is 1. The van der Waals surface area contributed by atoms with Crippen LogP contribution in [0.1, 0.15) is 29.5 Å². The molecule has 3 rings (SSSR count). The Morgan fingerprint density at radius 1 is 0.960 bits per heavy atom. The summed E-state index contributed by atoms with van der Waals surface area (Å²) >= 11 is 3.59. The van der Waals surface area contributed by atoms with Gasteiger partial charge in [-0.05, 0) is 67.6 Å². The third kappa shape index (κ3) is 5.08. The first-order valence-electron chi connectivity index (χ1n) is 8.54. The Balaban J connectivity index is 1.50. The van der Waals surface area contributed by atoms with Crippen LogP contribution >= 0.6 is 15.9 Å². The van der Waals surface area contributed by atoms with E-state index in [1.54, 1.807) is 12.1 Å². The third-order valence-electron chi connectivity index (χ3n) is 4.86. The highest BCUT2D eigenvalue weighted by atomic mass is 79.9. The van der Waals surface area contributed by atoms with Gasteiger partial charge in [0.2, 0.25) is 0 Å². The van der Waals surface area contributed by atoms with Gasteiger partial charge < -0.3 is 0 Å². The van der Waals surface area contributed by atoms with Crippen LogP contribution in [0.3, 0.4) is 0 Å². The number of piperidine rings is 1. The fourth-order valence-electron chi connectivity index (χ4n) is 3.38. The van der Waals surface area contributed by atoms with Crippen molar-refractivity contribution in [2.24, 2.45) is 5.92 Å². The van der Waals surface area contributed by atoms with Gasteiger partial charge in [-0.25, -0.2) is 0 Å². The van der Waals surface area contributed by atoms with E-state index >= 15 is 0 Å². The summed E-state index contributed by atoms with van der Waals surface area (Å²) in [5.74, 6) is 0.548. The molecule has 0 unspecified atom stereocenters. The molecule has 1 nitrogen and oxygen atoms in total. The van der Waals surface area contributed by atoms with E-state index in [4.69, 9.17) is 0 Å². The summed E-state index contributed by atoms with van der Waals surface area (Å²) in [6.07, 6.45) is -1.21. The minimum Gasteiger partial charge on any atom is -0.299 e. The third-order valence-corrected chi connectivity index (χ3v) is 5.64. The van der Waals surface area contributed by atoms with E-state index in [9.17, 15) is 13.2 Å². The van der Waals surface area contributed by atoms with Crippen LogP contribution in [0.2, 0.25) is 0 Å². The lowest BCUT2D eigenvalue weighted by Gasteiger charge is -2.32. The minimum atomic E-state index is -4.25. The molecule has 0 bridgehead atoms. The van der Waals surface area contributed by atoms with Crippen molar-refractivity contribution in [3.05, 3.63) is 69.7 Å². The molecule has 2 aromatic rings. The van der Waals surface area contributed by atoms with E-state index in [1.165, 1.54) is 17.7 Å². The molecule has 0 aromatic heterocycles. The average Bonchev–Trinajstić information content (AvgIpc) is 2.58. The molecule has 1 aliphatic heterocycles. The SMILES string of the molecule is FC(F)(F)c1ccc(CC2CCN(Cc3ccccc3Br)CC2)cc1. The summed E-state index contributed by atoms with van der Waals surface area (Å²) in [5.41, 5.74) is 1.72. The summed E-state index contributed by atoms with van der Waals surface area (Å²) in [4.78, 5) is 2.45. The summed E-state index contributed by atoms with van der Waals surface area (Å²) < 4.78 is 39.0. The van der Waals surface area contributed by atoms with Gasteiger partial charge in [0, 0.05) is 11.0 Å². The number of hydrogen-bond donors (Lipinski definition) is 0. The second-order valence-electron chi connectivity index (χ2n) is 6.71. The Morgan fingerprint density at radius 2 is 1.60 bits per heavy atom. The highest BCUT2D eigenvalue weighted by Gasteiger charge is 2.30. The lowest BCUT2D eigenvalue weighted by molar-refractivity contribution is -0.137. The van der Waals surface area contributed by atoms with Gasteiger partial charge in [0.25, 0.3) is 0 Å². The number of rotatable bonds is 4. The monoisotopic (exact) mass is 411 g/mol. The zero-order valence-corrected chi connectivity index (χ0v) is 15.5. The molecule has 25 heavy (non-hydrogen) atoms. The molecule has 1 saturated heterocycles. The fraction of sp³-hybridized carbons (Fsp3) is 0.400. The van der Waals surface area contributed by atoms with Gasteiger partial charge in [0.1, 0.15) is 0 Å². The minimum absolute atomic E-state index is 0.548. The van der Waals surface area contributed by atoms with E-state index in [0.717, 1.165) is 48.9 Å². The molecule has 0 spiro atoms. The zero-order chi connectivity index (χ0) is 17.9. The summed E-state index contributed by atoms with van der Waals surface area (Å²) in [5, 5.41) is 0. The normalized spacial score (nSPS) is 17.0. The Morgan fingerprint density at radius 3 is 2.20 bits per heavy atom. The Bertz CT molecular complexity index is 689. The van der Waals surface area contributed by atoms with E-state index in [1.807, 2.05) is 6.07 Å². The van der Waals surface area contributed by atoms with Crippen LogP contribution in [-0.4, -0.2) is 18.0 Å². The van der Waals surface area contributed by atoms with Crippen LogP contribution < -0.4 is 0 Å². The van der Waals surface area contributed by atoms with Crippen LogP contribution in [0.4, 0.5) is 13.2 Å². The fourth-order valence-corrected chi connectivity index (χ4v) is 3.79. The summed E-state index contributed by atoms with van der Waals surface area (Å²) in [6.45, 7) is 3.01. The van der Waals surface area contributed by atoms with Gasteiger partial charge in [0.15, 0.2) is 0 Å². The van der Waals surface area contributed by atoms with Crippen LogP contribution in [0.5, 0.6) is 0 Å². The molecule has 134 valence electrons. The maximum Gasteiger partial charge on any atom is 0.416 e. The molecule has 1 heterocycles. The van der Waals surface area contributed by atoms with Crippen molar-refractivity contribution in [2.75, 3.05) is 13.1 Å². The summed E-state index contributed by atoms with van der Waals surface area (Å²) in [6, 6.07) is 13.9. The van der Waals surface area contributed by atoms with Gasteiger partial charge in [-0.3, -0.25) is 4.90 Å². The van der Waals surface area contributed by atoms with E-state index in [0.29, 0.717) is 5.92 Å². The first-order chi connectivity index (χ1) is 11.9. The van der Waals surface area contributed by atoms with E-state index < -0.39 is 11.7 Å². The molecule has 0 atom stereocenters. The van der Waals surface area contributed by atoms with Crippen LogP contribution in [0, 0.1) is 5.92 Å². The Hall–Kier alpha value is -1.33. The zero-order valence-electron chi connectivity index (χ0n) is 13.9. The number of benzene rings is 2. The lowest BCUT2D eigenvalue weighted by Crippen LogP contribution is -2.33. The van der Waals surface area contributed by atoms with Crippen molar-refractivity contribution in [1.29, 1.82) is 0 Å². The van der Waals surface area contributed by atoms with E-state index in [2.05, 4.69) is 39.0 Å². The standard InChI is InChI=1S/C20H21BrF3N/c21-19-4-2-1-3-17(19)14-25-11-9-16(10-12-25)13-15-5-7-18(8-6-15)20(22,23)24/h1-8,16H,9-14H2. The molecular weight excluding hydrogens is 391 g/mol. The Kier molecular flexibility index (Phi) is 5.85. The predicted octanol–water partition coefficient (Wildman–Crippen LogP) is 5.92. The second kappa shape index (κ2) is 7.92. The topological polar surface area (TPSA) is 3.24 Å². The van der Waals surface area contributed by atoms with Gasteiger partial charge in [-0.1, -0.05) is 46.3 Å². The highest BCUT2D eigenvalue weighted by molar-refractivity contribution is 9.10. The largest absolute Gasteiger partial charge is 0.416 e. The maximum absolute atomic E-state index is 12.6. The molecule has 0 radical (unpaired) electrons. The molecule has 2 aromatic carbocycles. The van der Waals surface area contributed by atoms with Crippen LogP contribution in [0.15, 0.2) is 53.0 Å². The first kappa shape index (κ1) is 18.5. The maximum atomic E-state index is 12.6. The van der Waals surface area contributed by atoms with Crippen molar-refractivity contribution >= 4 is 15.9 Å². The first-order valence-corrected chi connectivity index (χ1v) is 9.33. The van der Waals surface area contributed by atoms with Gasteiger partial charge in [-0.2, -0.15) is 13.2 Å². The van der Waals surface area contributed by atoms with Crippen molar-refractivity contribution in [1.82, 2.24) is 4.90 Å². The highest BCUT2D eigenvalue weighted by Crippen LogP contribution is 2.30. The molecule has 0 aliphatic carbocycles. The van der Waals surface area contributed by atoms with Gasteiger partial charge >= 0.3 is 6.18 Å². The van der Waals surface area contributed by atoms with Crippen molar-refractivity contribution in [3.8, 4) is 0 Å². The molecule has 5 heteroatoms. The molecule has 0 amide bonds. The number of alkyl halides is 3. The summed E-state index contributed by atoms with van der Waals surface area (Å²) in [7, 11) is 0. The predicted molar refractivity (Wildman–Crippen MR) is 97.3 cm³/mol. The molecule has 1 aliphatic rings. The quantitative estimate of drug-likeness (QED) is 0.603. The lowest BCUT2D eigenvalue weighted by atomic mass is 9.89. The number of hydrogen-bond acceptors (Lipinski definition) is 1.